The van der Waals surface area contributed by atoms with Gasteiger partial charge >= 0.3 is 6.18 Å². The molecule has 2 aromatic rings. The summed E-state index contributed by atoms with van der Waals surface area (Å²) in [6, 6.07) is 6.82. The van der Waals surface area contributed by atoms with E-state index >= 15 is 0 Å². The van der Waals surface area contributed by atoms with Crippen molar-refractivity contribution in [2.75, 3.05) is 0 Å². The highest BCUT2D eigenvalue weighted by atomic mass is 35.5. The smallest absolute Gasteiger partial charge is 0.349 e. The number of hydrogen-bond acceptors (Lipinski definition) is 3. The zero-order valence-electron chi connectivity index (χ0n) is 15.5. The summed E-state index contributed by atoms with van der Waals surface area (Å²) in [6.45, 7) is 0. The molecule has 0 atom stereocenters. The van der Waals surface area contributed by atoms with Gasteiger partial charge in [0, 0.05) is 16.6 Å². The fourth-order valence-corrected chi connectivity index (χ4v) is 5.57. The minimum Gasteiger partial charge on any atom is -0.349 e. The van der Waals surface area contributed by atoms with E-state index in [4.69, 9.17) is 11.6 Å². The lowest BCUT2D eigenvalue weighted by atomic mass is 9.94. The summed E-state index contributed by atoms with van der Waals surface area (Å²) < 4.78 is 77.7. The Morgan fingerprint density at radius 3 is 2.30 bits per heavy atom. The van der Waals surface area contributed by atoms with Crippen LogP contribution in [0.4, 0.5) is 17.6 Å². The van der Waals surface area contributed by atoms with Crippen LogP contribution in [-0.4, -0.2) is 25.6 Å². The molecule has 1 aliphatic carbocycles. The third-order valence-electron chi connectivity index (χ3n) is 5.06. The molecule has 162 valence electrons. The fraction of sp³-hybridized carbons (Fsp3) is 0.350. The van der Waals surface area contributed by atoms with Crippen molar-refractivity contribution in [1.82, 2.24) is 5.32 Å². The topological polar surface area (TPSA) is 63.2 Å². The Hall–Kier alpha value is -2.13. The normalized spacial score (nSPS) is 20.0. The Morgan fingerprint density at radius 2 is 1.70 bits per heavy atom. The Balaban J connectivity index is 1.65. The van der Waals surface area contributed by atoms with Gasteiger partial charge in [0.25, 0.3) is 5.91 Å². The van der Waals surface area contributed by atoms with Crippen molar-refractivity contribution in [3.8, 4) is 0 Å². The van der Waals surface area contributed by atoms with Crippen LogP contribution >= 0.6 is 11.6 Å². The van der Waals surface area contributed by atoms with Gasteiger partial charge in [-0.25, -0.2) is 12.8 Å². The molecule has 0 bridgehead atoms. The second kappa shape index (κ2) is 8.55. The van der Waals surface area contributed by atoms with Gasteiger partial charge in [-0.1, -0.05) is 17.7 Å². The predicted molar refractivity (Wildman–Crippen MR) is 104 cm³/mol. The van der Waals surface area contributed by atoms with Crippen LogP contribution in [0.15, 0.2) is 47.4 Å². The van der Waals surface area contributed by atoms with Crippen LogP contribution in [0, 0.1) is 5.82 Å². The van der Waals surface area contributed by atoms with Crippen molar-refractivity contribution in [3.63, 3.8) is 0 Å². The van der Waals surface area contributed by atoms with Gasteiger partial charge in [-0.05, 0) is 62.1 Å². The summed E-state index contributed by atoms with van der Waals surface area (Å²) in [5.74, 6) is -1.18. The minimum atomic E-state index is -4.63. The zero-order valence-corrected chi connectivity index (χ0v) is 17.1. The third kappa shape index (κ3) is 5.13. The third-order valence-corrected chi connectivity index (χ3v) is 7.54. The first-order valence-corrected chi connectivity index (χ1v) is 11.1. The molecule has 1 aliphatic rings. The van der Waals surface area contributed by atoms with E-state index in [2.05, 4.69) is 5.32 Å². The summed E-state index contributed by atoms with van der Waals surface area (Å²) in [6.07, 6.45) is -3.59. The Labute approximate surface area is 176 Å². The summed E-state index contributed by atoms with van der Waals surface area (Å²) in [5, 5.41) is 1.97. The molecule has 0 radical (unpaired) electrons. The van der Waals surface area contributed by atoms with Crippen molar-refractivity contribution in [2.45, 2.75) is 48.0 Å². The quantitative estimate of drug-likeness (QED) is 0.648. The Morgan fingerprint density at radius 1 is 1.03 bits per heavy atom. The second-order valence-corrected chi connectivity index (χ2v) is 9.84. The molecule has 0 unspecified atom stereocenters. The van der Waals surface area contributed by atoms with Crippen LogP contribution in [0.3, 0.4) is 0 Å². The second-order valence-electron chi connectivity index (χ2n) is 7.18. The summed E-state index contributed by atoms with van der Waals surface area (Å²) in [5.41, 5.74) is -0.961. The molecule has 1 N–H and O–H groups in total. The van der Waals surface area contributed by atoms with Gasteiger partial charge in [0.15, 0.2) is 9.84 Å². The molecule has 4 nitrogen and oxygen atoms in total. The molecular formula is C20H18ClF4NO3S. The van der Waals surface area contributed by atoms with Crippen LogP contribution in [0.5, 0.6) is 0 Å². The van der Waals surface area contributed by atoms with Crippen LogP contribution in [0.2, 0.25) is 5.02 Å². The van der Waals surface area contributed by atoms with E-state index in [0.717, 1.165) is 30.3 Å². The first kappa shape index (κ1) is 22.6. The molecule has 1 amide bonds. The summed E-state index contributed by atoms with van der Waals surface area (Å²) in [7, 11) is -3.94. The lowest BCUT2D eigenvalue weighted by Crippen LogP contribution is -2.40. The zero-order chi connectivity index (χ0) is 22.1. The first-order valence-electron chi connectivity index (χ1n) is 9.15. The molecule has 0 saturated heterocycles. The number of amides is 1. The standard InChI is InChI=1S/C20H18ClF4NO3S/c21-14-8-12(9-15(22)11-14)19(27)26-16-4-6-17(7-5-16)30(28,29)18-3-1-2-13(10-18)20(23,24)25/h1-3,8-11,16-17H,4-7H2,(H,26,27)/t16-,17+. The highest BCUT2D eigenvalue weighted by Gasteiger charge is 2.35. The van der Waals surface area contributed by atoms with E-state index in [1.165, 1.54) is 6.07 Å². The number of carbonyl (C=O) groups excluding carboxylic acids is 1. The van der Waals surface area contributed by atoms with Crippen LogP contribution in [0.1, 0.15) is 41.6 Å². The first-order chi connectivity index (χ1) is 14.0. The number of hydrogen-bond donors (Lipinski definition) is 1. The van der Waals surface area contributed by atoms with Crippen molar-refractivity contribution in [1.29, 1.82) is 0 Å². The number of alkyl halides is 3. The van der Waals surface area contributed by atoms with Gasteiger partial charge in [0.2, 0.25) is 0 Å². The van der Waals surface area contributed by atoms with Gasteiger partial charge in [-0.3, -0.25) is 4.79 Å². The number of sulfone groups is 1. The number of benzene rings is 2. The largest absolute Gasteiger partial charge is 0.416 e. The highest BCUT2D eigenvalue weighted by Crippen LogP contribution is 2.33. The number of carbonyl (C=O) groups is 1. The van der Waals surface area contributed by atoms with E-state index in [1.807, 2.05) is 0 Å². The van der Waals surface area contributed by atoms with Gasteiger partial charge < -0.3 is 5.32 Å². The lowest BCUT2D eigenvalue weighted by Gasteiger charge is -2.29. The molecule has 3 rings (SSSR count). The van der Waals surface area contributed by atoms with Crippen LogP contribution in [0.25, 0.3) is 0 Å². The average Bonchev–Trinajstić information content (AvgIpc) is 2.67. The molecular weight excluding hydrogens is 446 g/mol. The predicted octanol–water partition coefficient (Wildman–Crippen LogP) is 5.01. The van der Waals surface area contributed by atoms with E-state index in [1.54, 1.807) is 0 Å². The van der Waals surface area contributed by atoms with Crippen LogP contribution in [-0.2, 0) is 16.0 Å². The number of rotatable bonds is 4. The maximum absolute atomic E-state index is 13.4. The van der Waals surface area contributed by atoms with E-state index in [0.29, 0.717) is 18.9 Å². The minimum absolute atomic E-state index is 0.0544. The van der Waals surface area contributed by atoms with E-state index < -0.39 is 38.6 Å². The molecule has 0 aromatic heterocycles. The van der Waals surface area contributed by atoms with Crippen molar-refractivity contribution in [2.24, 2.45) is 0 Å². The molecule has 2 aromatic carbocycles. The number of halogens is 5. The SMILES string of the molecule is O=C(N[C@H]1CC[C@@H](S(=O)(=O)c2cccc(C(F)(F)F)c2)CC1)c1cc(F)cc(Cl)c1. The Kier molecular flexibility index (Phi) is 6.43. The van der Waals surface area contributed by atoms with Crippen LogP contribution < -0.4 is 5.32 Å². The van der Waals surface area contributed by atoms with E-state index in [9.17, 15) is 30.8 Å². The van der Waals surface area contributed by atoms with Gasteiger partial charge in [0.05, 0.1) is 15.7 Å². The molecule has 0 heterocycles. The maximum atomic E-state index is 13.4. The monoisotopic (exact) mass is 463 g/mol. The van der Waals surface area contributed by atoms with Crippen molar-refractivity contribution < 1.29 is 30.8 Å². The molecule has 0 spiro atoms. The fourth-order valence-electron chi connectivity index (χ4n) is 3.51. The molecule has 10 heteroatoms. The molecule has 0 aliphatic heterocycles. The highest BCUT2D eigenvalue weighted by molar-refractivity contribution is 7.92. The van der Waals surface area contributed by atoms with E-state index in [-0.39, 0.29) is 34.4 Å². The van der Waals surface area contributed by atoms with Gasteiger partial charge in [-0.2, -0.15) is 13.2 Å². The molecule has 30 heavy (non-hydrogen) atoms. The summed E-state index contributed by atoms with van der Waals surface area (Å²) in [4.78, 5) is 11.9. The molecule has 1 saturated carbocycles. The molecule has 1 fully saturated rings. The van der Waals surface area contributed by atoms with Crippen molar-refractivity contribution in [3.05, 3.63) is 64.4 Å². The Bertz CT molecular complexity index is 1030. The lowest BCUT2D eigenvalue weighted by molar-refractivity contribution is -0.137. The number of nitrogens with one attached hydrogen (secondary N) is 1. The van der Waals surface area contributed by atoms with Crippen molar-refractivity contribution >= 4 is 27.3 Å². The summed E-state index contributed by atoms with van der Waals surface area (Å²) >= 11 is 5.75. The van der Waals surface area contributed by atoms with Gasteiger partial charge in [-0.15, -0.1) is 0 Å². The maximum Gasteiger partial charge on any atom is 0.416 e. The average molecular weight is 464 g/mol. The van der Waals surface area contributed by atoms with Gasteiger partial charge in [0.1, 0.15) is 5.82 Å².